The van der Waals surface area contributed by atoms with Crippen molar-refractivity contribution in [3.63, 3.8) is 0 Å². The average molecular weight is 343 g/mol. The van der Waals surface area contributed by atoms with Gasteiger partial charge in [0.25, 0.3) is 0 Å². The molecule has 2 atom stereocenters. The monoisotopic (exact) mass is 343 g/mol. The number of aliphatic hydroxyl groups excluding tert-OH is 1. The quantitative estimate of drug-likeness (QED) is 0.831. The molecule has 1 saturated carbocycles. The summed E-state index contributed by atoms with van der Waals surface area (Å²) in [5.74, 6) is 1.09. The van der Waals surface area contributed by atoms with Gasteiger partial charge in [0.1, 0.15) is 5.75 Å². The SMILES string of the molecule is CC(O)C1CCCN(C(=O)/C=C/c2cccc(OC3CCCC3)c2)C1. The summed E-state index contributed by atoms with van der Waals surface area (Å²) in [5.41, 5.74) is 0.980. The molecule has 3 rings (SSSR count). The van der Waals surface area contributed by atoms with E-state index < -0.39 is 0 Å². The minimum atomic E-state index is -0.357. The first-order valence-electron chi connectivity index (χ1n) is 9.53. The molecule has 4 nitrogen and oxygen atoms in total. The average Bonchev–Trinajstić information content (AvgIpc) is 3.13. The zero-order valence-corrected chi connectivity index (χ0v) is 15.1. The van der Waals surface area contributed by atoms with Crippen LogP contribution < -0.4 is 4.74 Å². The number of aliphatic hydroxyl groups is 1. The van der Waals surface area contributed by atoms with Crippen LogP contribution in [0.25, 0.3) is 6.08 Å². The van der Waals surface area contributed by atoms with E-state index >= 15 is 0 Å². The van der Waals surface area contributed by atoms with Crippen molar-refractivity contribution >= 4 is 12.0 Å². The highest BCUT2D eigenvalue weighted by molar-refractivity contribution is 5.91. The van der Waals surface area contributed by atoms with Crippen molar-refractivity contribution in [1.82, 2.24) is 4.90 Å². The number of rotatable bonds is 5. The molecule has 1 N–H and O–H groups in total. The Morgan fingerprint density at radius 2 is 2.08 bits per heavy atom. The van der Waals surface area contributed by atoms with Gasteiger partial charge in [-0.25, -0.2) is 0 Å². The molecule has 1 heterocycles. The summed E-state index contributed by atoms with van der Waals surface area (Å²) < 4.78 is 6.02. The van der Waals surface area contributed by atoms with Crippen molar-refractivity contribution in [1.29, 1.82) is 0 Å². The molecule has 4 heteroatoms. The smallest absolute Gasteiger partial charge is 0.246 e. The Balaban J connectivity index is 1.58. The van der Waals surface area contributed by atoms with Crippen LogP contribution in [0.15, 0.2) is 30.3 Å². The molecule has 0 bridgehead atoms. The maximum Gasteiger partial charge on any atom is 0.246 e. The fourth-order valence-electron chi connectivity index (χ4n) is 3.77. The second-order valence-electron chi connectivity index (χ2n) is 7.36. The van der Waals surface area contributed by atoms with E-state index in [1.54, 1.807) is 6.08 Å². The summed E-state index contributed by atoms with van der Waals surface area (Å²) in [5, 5.41) is 9.76. The van der Waals surface area contributed by atoms with Crippen LogP contribution in [0, 0.1) is 5.92 Å². The van der Waals surface area contributed by atoms with E-state index in [0.29, 0.717) is 12.6 Å². The number of piperidine rings is 1. The van der Waals surface area contributed by atoms with Gasteiger partial charge >= 0.3 is 0 Å². The number of nitrogens with zero attached hydrogens (tertiary/aromatic N) is 1. The van der Waals surface area contributed by atoms with Crippen molar-refractivity contribution in [2.24, 2.45) is 5.92 Å². The van der Waals surface area contributed by atoms with Crippen LogP contribution in [-0.4, -0.2) is 41.2 Å². The highest BCUT2D eigenvalue weighted by Gasteiger charge is 2.25. The molecule has 25 heavy (non-hydrogen) atoms. The number of carbonyl (C=O) groups excluding carboxylic acids is 1. The Kier molecular flexibility index (Phi) is 6.14. The number of amides is 1. The van der Waals surface area contributed by atoms with Crippen LogP contribution >= 0.6 is 0 Å². The zero-order chi connectivity index (χ0) is 17.6. The van der Waals surface area contributed by atoms with Crippen LogP contribution in [0.1, 0.15) is 51.0 Å². The van der Waals surface area contributed by atoms with Crippen LogP contribution in [0.2, 0.25) is 0 Å². The maximum atomic E-state index is 12.4. The predicted octanol–water partition coefficient (Wildman–Crippen LogP) is 3.64. The fraction of sp³-hybridized carbons (Fsp3) is 0.571. The number of hydrogen-bond acceptors (Lipinski definition) is 3. The van der Waals surface area contributed by atoms with Gasteiger partial charge in [-0.1, -0.05) is 12.1 Å². The van der Waals surface area contributed by atoms with Gasteiger partial charge in [-0.05, 0) is 69.2 Å². The number of ether oxygens (including phenoxy) is 1. The summed E-state index contributed by atoms with van der Waals surface area (Å²) in [6.45, 7) is 3.23. The van der Waals surface area contributed by atoms with E-state index in [1.165, 1.54) is 12.8 Å². The van der Waals surface area contributed by atoms with E-state index in [-0.39, 0.29) is 17.9 Å². The van der Waals surface area contributed by atoms with E-state index in [1.807, 2.05) is 42.2 Å². The third-order valence-electron chi connectivity index (χ3n) is 5.33. The molecule has 1 amide bonds. The van der Waals surface area contributed by atoms with Crippen molar-refractivity contribution < 1.29 is 14.6 Å². The normalized spacial score (nSPS) is 23.1. The zero-order valence-electron chi connectivity index (χ0n) is 15.1. The molecule has 0 aromatic heterocycles. The maximum absolute atomic E-state index is 12.4. The number of likely N-dealkylation sites (tertiary alicyclic amines) is 1. The summed E-state index contributed by atoms with van der Waals surface area (Å²) in [6.07, 6.45) is 10.2. The largest absolute Gasteiger partial charge is 0.490 e. The van der Waals surface area contributed by atoms with E-state index in [2.05, 4.69) is 0 Å². The molecule has 1 aromatic rings. The second-order valence-corrected chi connectivity index (χ2v) is 7.36. The lowest BCUT2D eigenvalue weighted by Gasteiger charge is -2.33. The van der Waals surface area contributed by atoms with E-state index in [4.69, 9.17) is 4.74 Å². The van der Waals surface area contributed by atoms with Crippen molar-refractivity contribution in [2.75, 3.05) is 13.1 Å². The van der Waals surface area contributed by atoms with Crippen molar-refractivity contribution in [2.45, 2.75) is 57.7 Å². The molecule has 0 spiro atoms. The lowest BCUT2D eigenvalue weighted by atomic mass is 9.93. The van der Waals surface area contributed by atoms with Gasteiger partial charge < -0.3 is 14.7 Å². The van der Waals surface area contributed by atoms with Crippen LogP contribution in [0.5, 0.6) is 5.75 Å². The first-order valence-corrected chi connectivity index (χ1v) is 9.53. The van der Waals surface area contributed by atoms with Crippen LogP contribution in [0.3, 0.4) is 0 Å². The van der Waals surface area contributed by atoms with Crippen LogP contribution in [0.4, 0.5) is 0 Å². The minimum Gasteiger partial charge on any atom is -0.490 e. The molecular weight excluding hydrogens is 314 g/mol. The topological polar surface area (TPSA) is 49.8 Å². The van der Waals surface area contributed by atoms with Gasteiger partial charge in [-0.3, -0.25) is 4.79 Å². The summed E-state index contributed by atoms with van der Waals surface area (Å²) in [6, 6.07) is 7.94. The lowest BCUT2D eigenvalue weighted by Crippen LogP contribution is -2.42. The fourth-order valence-corrected chi connectivity index (χ4v) is 3.77. The standard InChI is InChI=1S/C21H29NO3/c1-16(23)18-7-5-13-22(15-18)21(24)12-11-17-6-4-10-20(14-17)25-19-8-2-3-9-19/h4,6,10-12,14,16,18-19,23H,2-3,5,7-9,13,15H2,1H3/b12-11+. The Bertz CT molecular complexity index is 605. The summed E-state index contributed by atoms with van der Waals surface area (Å²) in [4.78, 5) is 14.3. The molecule has 2 aliphatic rings. The van der Waals surface area contributed by atoms with Gasteiger partial charge in [-0.15, -0.1) is 0 Å². The Morgan fingerprint density at radius 1 is 1.28 bits per heavy atom. The highest BCUT2D eigenvalue weighted by atomic mass is 16.5. The molecule has 2 fully saturated rings. The molecule has 2 unspecified atom stereocenters. The lowest BCUT2D eigenvalue weighted by molar-refractivity contribution is -0.128. The molecule has 1 saturated heterocycles. The first kappa shape index (κ1) is 18.0. The van der Waals surface area contributed by atoms with Gasteiger partial charge in [0.05, 0.1) is 12.2 Å². The molecule has 1 aliphatic carbocycles. The summed E-state index contributed by atoms with van der Waals surface area (Å²) >= 11 is 0. The third-order valence-corrected chi connectivity index (χ3v) is 5.33. The Labute approximate surface area is 150 Å². The second kappa shape index (κ2) is 8.52. The third kappa shape index (κ3) is 5.08. The molecular formula is C21H29NO3. The van der Waals surface area contributed by atoms with Crippen LogP contribution in [-0.2, 0) is 4.79 Å². The number of benzene rings is 1. The van der Waals surface area contributed by atoms with E-state index in [9.17, 15) is 9.90 Å². The van der Waals surface area contributed by atoms with Gasteiger partial charge in [0.2, 0.25) is 5.91 Å². The predicted molar refractivity (Wildman–Crippen MR) is 99.3 cm³/mol. The molecule has 1 aliphatic heterocycles. The minimum absolute atomic E-state index is 0.0208. The van der Waals surface area contributed by atoms with Crippen molar-refractivity contribution in [3.8, 4) is 5.75 Å². The number of hydrogen-bond donors (Lipinski definition) is 1. The van der Waals surface area contributed by atoms with Gasteiger partial charge in [-0.2, -0.15) is 0 Å². The number of carbonyl (C=O) groups is 1. The Morgan fingerprint density at radius 3 is 2.84 bits per heavy atom. The van der Waals surface area contributed by atoms with Crippen molar-refractivity contribution in [3.05, 3.63) is 35.9 Å². The van der Waals surface area contributed by atoms with Gasteiger partial charge in [0.15, 0.2) is 0 Å². The molecule has 0 radical (unpaired) electrons. The first-order chi connectivity index (χ1) is 12.1. The summed E-state index contributed by atoms with van der Waals surface area (Å²) in [7, 11) is 0. The molecule has 136 valence electrons. The van der Waals surface area contributed by atoms with Gasteiger partial charge in [0, 0.05) is 25.1 Å². The Hall–Kier alpha value is -1.81. The highest BCUT2D eigenvalue weighted by Crippen LogP contribution is 2.25. The van der Waals surface area contributed by atoms with E-state index in [0.717, 1.165) is 43.5 Å². The molecule has 1 aromatic carbocycles.